The molecular formula is C17H20F3N3O2S. The molecule has 2 amide bonds. The fraction of sp³-hybridized carbons (Fsp3) is 0.529. The second kappa shape index (κ2) is 7.87. The Hall–Kier alpha value is -1.74. The predicted molar refractivity (Wildman–Crippen MR) is 92.7 cm³/mol. The van der Waals surface area contributed by atoms with E-state index in [4.69, 9.17) is 0 Å². The summed E-state index contributed by atoms with van der Waals surface area (Å²) in [5, 5.41) is 5.85. The van der Waals surface area contributed by atoms with Crippen LogP contribution in [0.15, 0.2) is 24.3 Å². The first kappa shape index (κ1) is 19.0. The van der Waals surface area contributed by atoms with Crippen LogP contribution in [0.25, 0.3) is 0 Å². The Balaban J connectivity index is 1.50. The molecule has 2 atom stereocenters. The minimum absolute atomic E-state index is 0.0208. The summed E-state index contributed by atoms with van der Waals surface area (Å²) in [5.41, 5.74) is -0.866. The lowest BCUT2D eigenvalue weighted by Crippen LogP contribution is -2.42. The Labute approximate surface area is 153 Å². The predicted octanol–water partition coefficient (Wildman–Crippen LogP) is 1.95. The number of benzene rings is 1. The summed E-state index contributed by atoms with van der Waals surface area (Å²) in [6.07, 6.45) is -3.87. The molecule has 0 radical (unpaired) electrons. The standard InChI is InChI=1S/C17H20F3N3O2S/c18-17(19,20)13-3-1-2-12(7-13)15(24)22-9-11-6-14(21-8-11)16(25)23-4-5-26-10-23/h1-3,7,11,14,21H,4-6,8-10H2,(H,22,24). The van der Waals surface area contributed by atoms with Crippen molar-refractivity contribution in [3.05, 3.63) is 35.4 Å². The first-order chi connectivity index (χ1) is 12.3. The van der Waals surface area contributed by atoms with Crippen LogP contribution in [0.2, 0.25) is 0 Å². The fourth-order valence-corrected chi connectivity index (χ4v) is 4.09. The third kappa shape index (κ3) is 4.50. The first-order valence-electron chi connectivity index (χ1n) is 8.40. The molecule has 2 N–H and O–H groups in total. The SMILES string of the molecule is O=C(NCC1CNC(C(=O)N2CCSC2)C1)c1cccc(C(F)(F)F)c1. The maximum Gasteiger partial charge on any atom is 0.416 e. The number of alkyl halides is 3. The van der Waals surface area contributed by atoms with E-state index in [0.717, 1.165) is 24.4 Å². The highest BCUT2D eigenvalue weighted by Gasteiger charge is 2.34. The molecule has 2 saturated heterocycles. The number of halogens is 3. The van der Waals surface area contributed by atoms with Gasteiger partial charge < -0.3 is 15.5 Å². The molecule has 0 saturated carbocycles. The van der Waals surface area contributed by atoms with Gasteiger partial charge in [0.15, 0.2) is 0 Å². The van der Waals surface area contributed by atoms with E-state index in [1.54, 1.807) is 11.8 Å². The van der Waals surface area contributed by atoms with Crippen molar-refractivity contribution in [2.45, 2.75) is 18.6 Å². The molecule has 2 aliphatic heterocycles. The van der Waals surface area contributed by atoms with Crippen molar-refractivity contribution < 1.29 is 22.8 Å². The second-order valence-electron chi connectivity index (χ2n) is 6.49. The van der Waals surface area contributed by atoms with Crippen LogP contribution in [0.3, 0.4) is 0 Å². The molecule has 0 spiro atoms. The Bertz CT molecular complexity index is 677. The van der Waals surface area contributed by atoms with Crippen LogP contribution in [-0.2, 0) is 11.0 Å². The minimum Gasteiger partial charge on any atom is -0.352 e. The van der Waals surface area contributed by atoms with Crippen LogP contribution in [0.5, 0.6) is 0 Å². The van der Waals surface area contributed by atoms with Gasteiger partial charge in [-0.1, -0.05) is 6.07 Å². The lowest BCUT2D eigenvalue weighted by atomic mass is 10.0. The van der Waals surface area contributed by atoms with E-state index >= 15 is 0 Å². The van der Waals surface area contributed by atoms with Gasteiger partial charge in [-0.25, -0.2) is 0 Å². The summed E-state index contributed by atoms with van der Waals surface area (Å²) in [6.45, 7) is 1.68. The third-order valence-electron chi connectivity index (χ3n) is 4.59. The fourth-order valence-electron chi connectivity index (χ4n) is 3.14. The average molecular weight is 387 g/mol. The van der Waals surface area contributed by atoms with Gasteiger partial charge in [-0.05, 0) is 30.5 Å². The average Bonchev–Trinajstić information content (AvgIpc) is 3.30. The summed E-state index contributed by atoms with van der Waals surface area (Å²) in [4.78, 5) is 26.3. The van der Waals surface area contributed by atoms with Crippen molar-refractivity contribution in [1.29, 1.82) is 0 Å². The number of hydrogen-bond acceptors (Lipinski definition) is 4. The van der Waals surface area contributed by atoms with Gasteiger partial charge in [0, 0.05) is 31.0 Å². The van der Waals surface area contributed by atoms with Crippen LogP contribution >= 0.6 is 11.8 Å². The van der Waals surface area contributed by atoms with Gasteiger partial charge in [-0.15, -0.1) is 11.8 Å². The largest absolute Gasteiger partial charge is 0.416 e. The number of carbonyl (C=O) groups excluding carboxylic acids is 2. The van der Waals surface area contributed by atoms with E-state index in [1.807, 2.05) is 4.90 Å². The van der Waals surface area contributed by atoms with Crippen molar-refractivity contribution >= 4 is 23.6 Å². The number of nitrogens with zero attached hydrogens (tertiary/aromatic N) is 1. The molecular weight excluding hydrogens is 367 g/mol. The Morgan fingerprint density at radius 1 is 1.35 bits per heavy atom. The second-order valence-corrected chi connectivity index (χ2v) is 7.56. The molecule has 9 heteroatoms. The van der Waals surface area contributed by atoms with Crippen molar-refractivity contribution in [2.75, 3.05) is 31.3 Å². The zero-order chi connectivity index (χ0) is 18.7. The van der Waals surface area contributed by atoms with Gasteiger partial charge in [0.05, 0.1) is 17.5 Å². The Morgan fingerprint density at radius 2 is 2.15 bits per heavy atom. The van der Waals surface area contributed by atoms with E-state index < -0.39 is 17.6 Å². The topological polar surface area (TPSA) is 61.4 Å². The molecule has 3 rings (SSSR count). The van der Waals surface area contributed by atoms with Crippen LogP contribution in [0, 0.1) is 5.92 Å². The Kier molecular flexibility index (Phi) is 5.76. The Morgan fingerprint density at radius 3 is 2.85 bits per heavy atom. The summed E-state index contributed by atoms with van der Waals surface area (Å²) in [6, 6.07) is 4.11. The number of hydrogen-bond donors (Lipinski definition) is 2. The van der Waals surface area contributed by atoms with Gasteiger partial charge in [0.1, 0.15) is 0 Å². The molecule has 2 aliphatic rings. The minimum atomic E-state index is -4.48. The maximum absolute atomic E-state index is 12.7. The van der Waals surface area contributed by atoms with E-state index in [1.165, 1.54) is 12.1 Å². The lowest BCUT2D eigenvalue weighted by Gasteiger charge is -2.19. The normalized spacial score (nSPS) is 23.3. The van der Waals surface area contributed by atoms with E-state index in [0.29, 0.717) is 25.4 Å². The van der Waals surface area contributed by atoms with Gasteiger partial charge >= 0.3 is 6.18 Å². The maximum atomic E-state index is 12.7. The van der Waals surface area contributed by atoms with Crippen LogP contribution in [0.1, 0.15) is 22.3 Å². The van der Waals surface area contributed by atoms with Crippen molar-refractivity contribution in [2.24, 2.45) is 5.92 Å². The number of carbonyl (C=O) groups is 2. The number of amides is 2. The number of rotatable bonds is 4. The lowest BCUT2D eigenvalue weighted by molar-refractivity contribution is -0.137. The molecule has 1 aromatic rings. The van der Waals surface area contributed by atoms with Crippen LogP contribution in [0.4, 0.5) is 13.2 Å². The highest BCUT2D eigenvalue weighted by Crippen LogP contribution is 2.29. The molecule has 2 unspecified atom stereocenters. The first-order valence-corrected chi connectivity index (χ1v) is 9.55. The van der Waals surface area contributed by atoms with Gasteiger partial charge in [-0.3, -0.25) is 9.59 Å². The van der Waals surface area contributed by atoms with Crippen LogP contribution in [-0.4, -0.2) is 54.0 Å². The summed E-state index contributed by atoms with van der Waals surface area (Å²) in [7, 11) is 0. The van der Waals surface area contributed by atoms with Gasteiger partial charge in [-0.2, -0.15) is 13.2 Å². The molecule has 1 aromatic carbocycles. The molecule has 5 nitrogen and oxygen atoms in total. The van der Waals surface area contributed by atoms with Gasteiger partial charge in [0.2, 0.25) is 5.91 Å². The molecule has 0 bridgehead atoms. The van der Waals surface area contributed by atoms with E-state index in [-0.39, 0.29) is 23.4 Å². The smallest absolute Gasteiger partial charge is 0.352 e. The summed E-state index contributed by atoms with van der Waals surface area (Å²) in [5.74, 6) is 1.29. The summed E-state index contributed by atoms with van der Waals surface area (Å²) >= 11 is 1.72. The molecule has 2 heterocycles. The van der Waals surface area contributed by atoms with E-state index in [2.05, 4.69) is 10.6 Å². The number of nitrogens with one attached hydrogen (secondary N) is 2. The zero-order valence-electron chi connectivity index (χ0n) is 14.0. The van der Waals surface area contributed by atoms with Crippen LogP contribution < -0.4 is 10.6 Å². The third-order valence-corrected chi connectivity index (χ3v) is 5.55. The highest BCUT2D eigenvalue weighted by molar-refractivity contribution is 7.99. The molecule has 2 fully saturated rings. The van der Waals surface area contributed by atoms with Gasteiger partial charge in [0.25, 0.3) is 5.91 Å². The van der Waals surface area contributed by atoms with Crippen molar-refractivity contribution in [3.8, 4) is 0 Å². The molecule has 0 aliphatic carbocycles. The molecule has 142 valence electrons. The van der Waals surface area contributed by atoms with Crippen molar-refractivity contribution in [3.63, 3.8) is 0 Å². The monoisotopic (exact) mass is 387 g/mol. The number of thioether (sulfide) groups is 1. The highest BCUT2D eigenvalue weighted by atomic mass is 32.2. The quantitative estimate of drug-likeness (QED) is 0.829. The zero-order valence-corrected chi connectivity index (χ0v) is 14.8. The molecule has 0 aromatic heterocycles. The van der Waals surface area contributed by atoms with Crippen molar-refractivity contribution in [1.82, 2.24) is 15.5 Å². The van der Waals surface area contributed by atoms with E-state index in [9.17, 15) is 22.8 Å². The summed E-state index contributed by atoms with van der Waals surface area (Å²) < 4.78 is 38.2. The molecule has 26 heavy (non-hydrogen) atoms.